The van der Waals surface area contributed by atoms with Crippen molar-refractivity contribution < 1.29 is 70.1 Å². The van der Waals surface area contributed by atoms with Crippen LogP contribution in [-0.2, 0) is 70.1 Å². The molecule has 3 aromatic rings. The van der Waals surface area contributed by atoms with Gasteiger partial charge in [-0.05, 0) is 72.8 Å². The average molecular weight is 530 g/mol. The Hall–Kier alpha value is -1.24. The molecule has 2 radical (unpaired) electrons. The van der Waals surface area contributed by atoms with E-state index in [9.17, 15) is 0 Å². The van der Waals surface area contributed by atoms with Gasteiger partial charge in [0.25, 0.3) is 0 Å². The molecule has 0 amide bonds. The number of fused-ring (bicyclic) bond motifs is 8. The minimum atomic E-state index is 0. The minimum Gasteiger partial charge on any atom is -0.355 e. The number of nitrogens with zero attached hydrogens (tertiary/aromatic N) is 2. The second kappa shape index (κ2) is 10.5. The summed E-state index contributed by atoms with van der Waals surface area (Å²) in [4.78, 5) is 16.0. The molecule has 0 fully saturated rings. The Kier molecular flexibility index (Phi) is 9.31. The Bertz CT molecular complexity index is 1090. The molecule has 0 saturated carbocycles. The number of aromatic nitrogens is 4. The Morgan fingerprint density at radius 1 is 0.464 bits per heavy atom. The van der Waals surface area contributed by atoms with Gasteiger partial charge in [0.05, 0.1) is 22.8 Å². The summed E-state index contributed by atoms with van der Waals surface area (Å²) < 4.78 is 0. The van der Waals surface area contributed by atoms with Crippen molar-refractivity contribution in [2.24, 2.45) is 0 Å². The number of aromatic amines is 2. The summed E-state index contributed by atoms with van der Waals surface area (Å²) in [6, 6.07) is 16.4. The standard InChI is InChI=1S/C20H14N4.2Ni.2V/c1-2-14-10-16-5-6-18(23-16)12-20-8-7-19(24-20)11-17-4-3-15(22-17)9-13(1)21-14;;;;/h1-12,21-22H;;;;. The van der Waals surface area contributed by atoms with E-state index in [-0.39, 0.29) is 70.1 Å². The van der Waals surface area contributed by atoms with Crippen LogP contribution < -0.4 is 0 Å². The molecular formula is C20H14N4Ni2V2. The Morgan fingerprint density at radius 2 is 0.786 bits per heavy atom. The van der Waals surface area contributed by atoms with Crippen molar-refractivity contribution in [2.75, 3.05) is 0 Å². The SMILES string of the molecule is C1=Cc2cc3ccc(cc4ccc(cc5nc(cc1n2)C=C5)[nH]4)[nH]3.[Ni].[Ni].[V].[V]. The van der Waals surface area contributed by atoms with E-state index in [0.29, 0.717) is 0 Å². The molecule has 8 bridgehead atoms. The van der Waals surface area contributed by atoms with E-state index in [1.165, 1.54) is 0 Å². The molecule has 0 aliphatic carbocycles. The van der Waals surface area contributed by atoms with Gasteiger partial charge in [0.1, 0.15) is 0 Å². The van der Waals surface area contributed by atoms with E-state index in [1.807, 2.05) is 42.5 Å². The minimum absolute atomic E-state index is 0. The second-order valence-electron chi connectivity index (χ2n) is 5.91. The summed E-state index contributed by atoms with van der Waals surface area (Å²) in [5, 5.41) is 0. The predicted octanol–water partition coefficient (Wildman–Crippen LogP) is 4.65. The summed E-state index contributed by atoms with van der Waals surface area (Å²) in [5.41, 5.74) is 7.86. The summed E-state index contributed by atoms with van der Waals surface area (Å²) in [6.45, 7) is 0. The van der Waals surface area contributed by atoms with Gasteiger partial charge in [-0.25, -0.2) is 9.97 Å². The zero-order chi connectivity index (χ0) is 15.9. The molecule has 2 aliphatic heterocycles. The maximum atomic E-state index is 4.62. The monoisotopic (exact) mass is 528 g/mol. The molecule has 3 aromatic heterocycles. The fourth-order valence-electron chi connectivity index (χ4n) is 2.94. The zero-order valence-electron chi connectivity index (χ0n) is 14.3. The molecule has 4 nitrogen and oxygen atoms in total. The molecule has 144 valence electrons. The van der Waals surface area contributed by atoms with Gasteiger partial charge in [0.15, 0.2) is 0 Å². The zero-order valence-corrected chi connectivity index (χ0v) is 19.1. The molecule has 8 heteroatoms. The molecular weight excluding hydrogens is 516 g/mol. The summed E-state index contributed by atoms with van der Waals surface area (Å²) in [5.74, 6) is 0. The summed E-state index contributed by atoms with van der Waals surface area (Å²) in [6.07, 6.45) is 8.05. The van der Waals surface area contributed by atoms with Crippen LogP contribution >= 0.6 is 0 Å². The van der Waals surface area contributed by atoms with Gasteiger partial charge in [-0.1, -0.05) is 0 Å². The third kappa shape index (κ3) is 5.42. The van der Waals surface area contributed by atoms with Crippen molar-refractivity contribution in [2.45, 2.75) is 0 Å². The Balaban J connectivity index is 0.000000980. The molecule has 2 N–H and O–H groups in total. The van der Waals surface area contributed by atoms with Gasteiger partial charge >= 0.3 is 0 Å². The van der Waals surface area contributed by atoms with Crippen LogP contribution in [0.15, 0.2) is 48.5 Å². The van der Waals surface area contributed by atoms with Gasteiger partial charge in [0, 0.05) is 92.2 Å². The van der Waals surface area contributed by atoms with Crippen LogP contribution in [0.1, 0.15) is 22.8 Å². The topological polar surface area (TPSA) is 57.4 Å². The number of hydrogen-bond acceptors (Lipinski definition) is 2. The fourth-order valence-corrected chi connectivity index (χ4v) is 2.94. The molecule has 0 unspecified atom stereocenters. The number of H-pyrrole nitrogens is 2. The maximum Gasteiger partial charge on any atom is 0.0659 e. The molecule has 28 heavy (non-hydrogen) atoms. The first-order valence-corrected chi connectivity index (χ1v) is 7.85. The van der Waals surface area contributed by atoms with E-state index in [2.05, 4.69) is 50.3 Å². The average Bonchev–Trinajstić information content (AvgIpc) is 3.32. The molecule has 0 atom stereocenters. The van der Waals surface area contributed by atoms with E-state index in [1.54, 1.807) is 0 Å². The van der Waals surface area contributed by atoms with E-state index in [4.69, 9.17) is 0 Å². The van der Waals surface area contributed by atoms with Crippen molar-refractivity contribution >= 4 is 46.4 Å². The van der Waals surface area contributed by atoms with E-state index >= 15 is 0 Å². The first kappa shape index (κ1) is 24.8. The smallest absolute Gasteiger partial charge is 0.0659 e. The molecule has 5 heterocycles. The number of hydrogen-bond donors (Lipinski definition) is 2. The quantitative estimate of drug-likeness (QED) is 0.287. The molecule has 2 aliphatic rings. The van der Waals surface area contributed by atoms with Crippen LogP contribution in [0.4, 0.5) is 0 Å². The second-order valence-corrected chi connectivity index (χ2v) is 5.91. The largest absolute Gasteiger partial charge is 0.355 e. The van der Waals surface area contributed by atoms with Crippen molar-refractivity contribution in [3.05, 3.63) is 71.3 Å². The summed E-state index contributed by atoms with van der Waals surface area (Å²) >= 11 is 0. The van der Waals surface area contributed by atoms with Gasteiger partial charge in [0.2, 0.25) is 0 Å². The molecule has 0 spiro atoms. The van der Waals surface area contributed by atoms with Crippen LogP contribution in [0, 0.1) is 0 Å². The predicted molar refractivity (Wildman–Crippen MR) is 98.9 cm³/mol. The molecule has 0 saturated heterocycles. The first-order chi connectivity index (χ1) is 11.8. The van der Waals surface area contributed by atoms with Crippen molar-refractivity contribution in [3.8, 4) is 0 Å². The van der Waals surface area contributed by atoms with Crippen LogP contribution in [-0.4, -0.2) is 19.9 Å². The van der Waals surface area contributed by atoms with Gasteiger partial charge in [-0.3, -0.25) is 0 Å². The molecule has 0 aromatic carbocycles. The van der Waals surface area contributed by atoms with Crippen LogP contribution in [0.3, 0.4) is 0 Å². The normalized spacial score (nSPS) is 10.9. The third-order valence-electron chi connectivity index (χ3n) is 4.04. The van der Waals surface area contributed by atoms with Crippen LogP contribution in [0.2, 0.25) is 0 Å². The van der Waals surface area contributed by atoms with E-state index < -0.39 is 0 Å². The maximum absolute atomic E-state index is 4.62. The van der Waals surface area contributed by atoms with Crippen LogP contribution in [0.25, 0.3) is 46.4 Å². The number of rotatable bonds is 0. The van der Waals surface area contributed by atoms with Crippen molar-refractivity contribution in [1.82, 2.24) is 19.9 Å². The van der Waals surface area contributed by atoms with Gasteiger partial charge in [-0.15, -0.1) is 0 Å². The van der Waals surface area contributed by atoms with Crippen molar-refractivity contribution in [3.63, 3.8) is 0 Å². The fraction of sp³-hybridized carbons (Fsp3) is 0. The Labute approximate surface area is 206 Å². The van der Waals surface area contributed by atoms with Gasteiger partial charge < -0.3 is 9.97 Å². The summed E-state index contributed by atoms with van der Waals surface area (Å²) in [7, 11) is 0. The van der Waals surface area contributed by atoms with Crippen molar-refractivity contribution in [1.29, 1.82) is 0 Å². The Morgan fingerprint density at radius 3 is 1.18 bits per heavy atom. The van der Waals surface area contributed by atoms with E-state index in [0.717, 1.165) is 44.8 Å². The molecule has 5 rings (SSSR count). The third-order valence-corrected chi connectivity index (χ3v) is 4.04. The van der Waals surface area contributed by atoms with Gasteiger partial charge in [-0.2, -0.15) is 0 Å². The van der Waals surface area contributed by atoms with Crippen LogP contribution in [0.5, 0.6) is 0 Å². The first-order valence-electron chi connectivity index (χ1n) is 7.85. The number of nitrogens with one attached hydrogen (secondary N) is 2.